The van der Waals surface area contributed by atoms with Crippen LogP contribution in [0.4, 0.5) is 26.4 Å². The van der Waals surface area contributed by atoms with Crippen molar-refractivity contribution in [3.8, 4) is 16.9 Å². The maximum absolute atomic E-state index is 12.3. The fourth-order valence-corrected chi connectivity index (χ4v) is 3.49. The van der Waals surface area contributed by atoms with Crippen molar-refractivity contribution in [2.75, 3.05) is 23.4 Å². The summed E-state index contributed by atoms with van der Waals surface area (Å²) in [6.45, 7) is 2.54. The lowest BCUT2D eigenvalue weighted by atomic mass is 10.1. The Kier molecular flexibility index (Phi) is 6.17. The molecule has 0 spiro atoms. The van der Waals surface area contributed by atoms with Crippen molar-refractivity contribution in [3.63, 3.8) is 0 Å². The standard InChI is InChI=1S/C21H22F2N6O2/c1-13-11-30-12-14(2)29(13)21-24-8-7-18(27-21)26-19-9-16(10-25-28-19)15-3-5-17(6-4-15)31-20(22)23/h3-10,13-14,20H,11-12H2,1-2H3,(H,24,26,27,28). The molecule has 8 nitrogen and oxygen atoms in total. The van der Waals surface area contributed by atoms with Crippen LogP contribution in [0.3, 0.4) is 0 Å². The Hall–Kier alpha value is -3.40. The molecule has 1 N–H and O–H groups in total. The Morgan fingerprint density at radius 1 is 1.06 bits per heavy atom. The van der Waals surface area contributed by atoms with Gasteiger partial charge in [0.25, 0.3) is 0 Å². The monoisotopic (exact) mass is 428 g/mol. The molecule has 1 fully saturated rings. The lowest BCUT2D eigenvalue weighted by Crippen LogP contribution is -2.50. The van der Waals surface area contributed by atoms with Crippen LogP contribution in [0.25, 0.3) is 11.1 Å². The normalized spacial score (nSPS) is 18.8. The van der Waals surface area contributed by atoms with E-state index in [1.54, 1.807) is 36.7 Å². The maximum Gasteiger partial charge on any atom is 0.387 e. The van der Waals surface area contributed by atoms with Crippen molar-refractivity contribution in [1.82, 2.24) is 20.2 Å². The summed E-state index contributed by atoms with van der Waals surface area (Å²) < 4.78 is 34.6. The molecule has 162 valence electrons. The molecule has 0 amide bonds. The number of benzene rings is 1. The van der Waals surface area contributed by atoms with Crippen LogP contribution in [0.15, 0.2) is 48.8 Å². The Labute approximate surface area is 178 Å². The zero-order chi connectivity index (χ0) is 21.8. The van der Waals surface area contributed by atoms with Gasteiger partial charge in [0, 0.05) is 11.8 Å². The van der Waals surface area contributed by atoms with Gasteiger partial charge in [-0.3, -0.25) is 0 Å². The van der Waals surface area contributed by atoms with E-state index in [0.29, 0.717) is 30.8 Å². The first-order valence-corrected chi connectivity index (χ1v) is 9.84. The third-order valence-corrected chi connectivity index (χ3v) is 4.87. The first-order chi connectivity index (χ1) is 15.0. The summed E-state index contributed by atoms with van der Waals surface area (Å²) in [5, 5.41) is 11.3. The molecule has 1 saturated heterocycles. The number of ether oxygens (including phenoxy) is 2. The van der Waals surface area contributed by atoms with Gasteiger partial charge in [-0.05, 0) is 43.7 Å². The minimum Gasteiger partial charge on any atom is -0.435 e. The minimum absolute atomic E-state index is 0.0965. The first-order valence-electron chi connectivity index (χ1n) is 9.84. The average Bonchev–Trinajstić information content (AvgIpc) is 2.74. The van der Waals surface area contributed by atoms with Crippen LogP contribution in [0.5, 0.6) is 5.75 Å². The number of hydrogen-bond donors (Lipinski definition) is 1. The highest BCUT2D eigenvalue weighted by molar-refractivity contribution is 5.67. The molecule has 0 radical (unpaired) electrons. The van der Waals surface area contributed by atoms with E-state index in [9.17, 15) is 8.78 Å². The molecule has 1 aliphatic rings. The molecule has 0 saturated carbocycles. The van der Waals surface area contributed by atoms with Gasteiger partial charge in [-0.2, -0.15) is 18.9 Å². The van der Waals surface area contributed by atoms with Gasteiger partial charge in [-0.1, -0.05) is 12.1 Å². The fourth-order valence-electron chi connectivity index (χ4n) is 3.49. The van der Waals surface area contributed by atoms with Crippen LogP contribution in [0.1, 0.15) is 13.8 Å². The van der Waals surface area contributed by atoms with Crippen molar-refractivity contribution >= 4 is 17.6 Å². The molecule has 1 aliphatic heterocycles. The summed E-state index contributed by atoms with van der Waals surface area (Å²) in [5.74, 6) is 1.80. The van der Waals surface area contributed by atoms with E-state index in [0.717, 1.165) is 11.1 Å². The van der Waals surface area contributed by atoms with E-state index < -0.39 is 6.61 Å². The number of rotatable bonds is 6. The van der Waals surface area contributed by atoms with Gasteiger partial charge in [-0.15, -0.1) is 5.10 Å². The summed E-state index contributed by atoms with van der Waals surface area (Å²) in [5.41, 5.74) is 1.56. The third kappa shape index (κ3) is 5.02. The largest absolute Gasteiger partial charge is 0.435 e. The van der Waals surface area contributed by atoms with E-state index >= 15 is 0 Å². The number of morpholine rings is 1. The molecular weight excluding hydrogens is 406 g/mol. The summed E-state index contributed by atoms with van der Waals surface area (Å²) in [4.78, 5) is 11.2. The third-order valence-electron chi connectivity index (χ3n) is 4.87. The van der Waals surface area contributed by atoms with Crippen molar-refractivity contribution in [2.24, 2.45) is 0 Å². The van der Waals surface area contributed by atoms with Crippen LogP contribution < -0.4 is 15.0 Å². The first kappa shape index (κ1) is 20.9. The van der Waals surface area contributed by atoms with Crippen LogP contribution >= 0.6 is 0 Å². The van der Waals surface area contributed by atoms with Gasteiger partial charge >= 0.3 is 6.61 Å². The molecule has 2 unspecified atom stereocenters. The maximum atomic E-state index is 12.3. The highest BCUT2D eigenvalue weighted by atomic mass is 19.3. The second-order valence-electron chi connectivity index (χ2n) is 7.24. The summed E-state index contributed by atoms with van der Waals surface area (Å²) >= 11 is 0. The lowest BCUT2D eigenvalue weighted by molar-refractivity contribution is -0.0498. The van der Waals surface area contributed by atoms with E-state index in [4.69, 9.17) is 4.74 Å². The summed E-state index contributed by atoms with van der Waals surface area (Å²) in [7, 11) is 0. The molecule has 1 aromatic carbocycles. The van der Waals surface area contributed by atoms with E-state index in [1.807, 2.05) is 0 Å². The summed E-state index contributed by atoms with van der Waals surface area (Å²) in [6.07, 6.45) is 3.29. The zero-order valence-electron chi connectivity index (χ0n) is 17.1. The molecular formula is C21H22F2N6O2. The second-order valence-corrected chi connectivity index (χ2v) is 7.24. The molecule has 2 aromatic heterocycles. The smallest absolute Gasteiger partial charge is 0.387 e. The lowest BCUT2D eigenvalue weighted by Gasteiger charge is -2.38. The Balaban J connectivity index is 1.52. The molecule has 10 heteroatoms. The zero-order valence-corrected chi connectivity index (χ0v) is 17.1. The summed E-state index contributed by atoms with van der Waals surface area (Å²) in [6, 6.07) is 10.2. The fraction of sp³-hybridized carbons (Fsp3) is 0.333. The second kappa shape index (κ2) is 9.17. The molecule has 2 atom stereocenters. The van der Waals surface area contributed by atoms with Crippen molar-refractivity contribution in [3.05, 3.63) is 48.8 Å². The topological polar surface area (TPSA) is 85.3 Å². The number of nitrogens with zero attached hydrogens (tertiary/aromatic N) is 5. The number of alkyl halides is 2. The van der Waals surface area contributed by atoms with Gasteiger partial charge in [-0.25, -0.2) is 4.98 Å². The molecule has 0 bridgehead atoms. The van der Waals surface area contributed by atoms with Gasteiger partial charge in [0.15, 0.2) is 5.82 Å². The van der Waals surface area contributed by atoms with Gasteiger partial charge < -0.3 is 19.7 Å². The number of anilines is 3. The predicted octanol–water partition coefficient (Wildman–Crippen LogP) is 3.89. The molecule has 31 heavy (non-hydrogen) atoms. The Morgan fingerprint density at radius 3 is 2.52 bits per heavy atom. The van der Waals surface area contributed by atoms with Gasteiger partial charge in [0.05, 0.1) is 31.5 Å². The van der Waals surface area contributed by atoms with Crippen LogP contribution in [0, 0.1) is 0 Å². The highest BCUT2D eigenvalue weighted by Crippen LogP contribution is 2.26. The SMILES string of the molecule is CC1COCC(C)N1c1nccc(Nc2cc(-c3ccc(OC(F)F)cc3)cnn2)n1. The Morgan fingerprint density at radius 2 is 1.81 bits per heavy atom. The van der Waals surface area contributed by atoms with E-state index in [2.05, 4.69) is 49.0 Å². The number of nitrogens with one attached hydrogen (secondary N) is 1. The minimum atomic E-state index is -2.86. The Bertz CT molecular complexity index is 1010. The van der Waals surface area contributed by atoms with Crippen LogP contribution in [0.2, 0.25) is 0 Å². The quantitative estimate of drug-likeness (QED) is 0.633. The number of aromatic nitrogens is 4. The average molecular weight is 428 g/mol. The van der Waals surface area contributed by atoms with Crippen LogP contribution in [-0.2, 0) is 4.74 Å². The predicted molar refractivity (Wildman–Crippen MR) is 112 cm³/mol. The van der Waals surface area contributed by atoms with Crippen molar-refractivity contribution < 1.29 is 18.3 Å². The van der Waals surface area contributed by atoms with E-state index in [1.165, 1.54) is 12.1 Å². The molecule has 4 rings (SSSR count). The highest BCUT2D eigenvalue weighted by Gasteiger charge is 2.27. The number of halogens is 2. The molecule has 0 aliphatic carbocycles. The van der Waals surface area contributed by atoms with Crippen LogP contribution in [-0.4, -0.2) is 52.1 Å². The van der Waals surface area contributed by atoms with Crippen molar-refractivity contribution in [2.45, 2.75) is 32.5 Å². The van der Waals surface area contributed by atoms with E-state index in [-0.39, 0.29) is 17.8 Å². The molecule has 3 aromatic rings. The molecule has 3 heterocycles. The van der Waals surface area contributed by atoms with Gasteiger partial charge in [0.2, 0.25) is 5.95 Å². The number of hydrogen-bond acceptors (Lipinski definition) is 8. The van der Waals surface area contributed by atoms with Crippen molar-refractivity contribution in [1.29, 1.82) is 0 Å². The van der Waals surface area contributed by atoms with Gasteiger partial charge in [0.1, 0.15) is 11.6 Å².